The van der Waals surface area contributed by atoms with Crippen molar-refractivity contribution in [2.45, 2.75) is 20.1 Å². The van der Waals surface area contributed by atoms with Crippen molar-refractivity contribution in [1.29, 1.82) is 0 Å². The number of benzene rings is 2. The number of aromatic hydroxyl groups is 1. The van der Waals surface area contributed by atoms with Crippen LogP contribution in [0.25, 0.3) is 5.69 Å². The number of phenols is 1. The molecule has 0 atom stereocenters. The van der Waals surface area contributed by atoms with E-state index >= 15 is 0 Å². The number of hydrogen-bond acceptors (Lipinski definition) is 5. The number of ether oxygens (including phenoxy) is 1. The minimum absolute atomic E-state index is 0.132. The molecule has 0 aliphatic carbocycles. The van der Waals surface area contributed by atoms with E-state index in [4.69, 9.17) is 21.4 Å². The average molecular weight is 374 g/mol. The summed E-state index contributed by atoms with van der Waals surface area (Å²) < 4.78 is 6.92. The molecule has 3 rings (SSSR count). The van der Waals surface area contributed by atoms with Crippen LogP contribution < -0.4 is 0 Å². The average Bonchev–Trinajstić information content (AvgIpc) is 3.07. The minimum Gasteiger partial charge on any atom is -0.505 e. The van der Waals surface area contributed by atoms with Crippen LogP contribution in [0.5, 0.6) is 5.75 Å². The second kappa shape index (κ2) is 7.55. The van der Waals surface area contributed by atoms with E-state index in [9.17, 15) is 9.90 Å². The number of aryl methyl sites for hydroxylation is 1. The number of hydrogen-bond donors (Lipinski definition) is 2. The van der Waals surface area contributed by atoms with E-state index in [0.717, 1.165) is 11.1 Å². The van der Waals surface area contributed by atoms with Crippen molar-refractivity contribution < 1.29 is 19.7 Å². The maximum Gasteiger partial charge on any atom is 0.339 e. The molecule has 2 N–H and O–H groups in total. The largest absolute Gasteiger partial charge is 0.505 e. The van der Waals surface area contributed by atoms with Gasteiger partial charge in [-0.05, 0) is 30.2 Å². The molecule has 8 heteroatoms. The van der Waals surface area contributed by atoms with Crippen LogP contribution in [0.15, 0.2) is 42.6 Å². The Morgan fingerprint density at radius 1 is 1.27 bits per heavy atom. The molecule has 7 nitrogen and oxygen atoms in total. The van der Waals surface area contributed by atoms with E-state index in [2.05, 4.69) is 10.3 Å². The lowest BCUT2D eigenvalue weighted by Crippen LogP contribution is -2.02. The Morgan fingerprint density at radius 2 is 2.04 bits per heavy atom. The van der Waals surface area contributed by atoms with Gasteiger partial charge >= 0.3 is 5.97 Å². The number of carboxylic acid groups (broad SMARTS) is 1. The molecular weight excluding hydrogens is 358 g/mol. The molecule has 0 radical (unpaired) electrons. The highest BCUT2D eigenvalue weighted by Crippen LogP contribution is 2.30. The molecule has 0 aliphatic rings. The highest BCUT2D eigenvalue weighted by atomic mass is 35.5. The van der Waals surface area contributed by atoms with Gasteiger partial charge in [0.1, 0.15) is 16.9 Å². The van der Waals surface area contributed by atoms with Gasteiger partial charge < -0.3 is 14.9 Å². The van der Waals surface area contributed by atoms with Crippen LogP contribution in [0, 0.1) is 6.92 Å². The van der Waals surface area contributed by atoms with Gasteiger partial charge in [0.25, 0.3) is 0 Å². The Kier molecular flexibility index (Phi) is 5.20. The fourth-order valence-corrected chi connectivity index (χ4v) is 2.65. The van der Waals surface area contributed by atoms with E-state index in [1.807, 2.05) is 31.2 Å². The molecular formula is C18H16ClN3O4. The highest BCUT2D eigenvalue weighted by Gasteiger charge is 2.17. The minimum atomic E-state index is -1.28. The van der Waals surface area contributed by atoms with Crippen LogP contribution in [-0.2, 0) is 18.0 Å². The molecule has 26 heavy (non-hydrogen) atoms. The molecule has 0 unspecified atom stereocenters. The van der Waals surface area contributed by atoms with E-state index in [0.29, 0.717) is 12.3 Å². The van der Waals surface area contributed by atoms with Crippen molar-refractivity contribution in [3.05, 3.63) is 70.0 Å². The molecule has 2 aromatic carbocycles. The first-order valence-electron chi connectivity index (χ1n) is 7.75. The van der Waals surface area contributed by atoms with Gasteiger partial charge in [-0.25, -0.2) is 9.48 Å². The van der Waals surface area contributed by atoms with E-state index in [1.165, 1.54) is 16.8 Å². The van der Waals surface area contributed by atoms with E-state index in [-0.39, 0.29) is 22.9 Å². The molecule has 1 heterocycles. The third-order valence-electron chi connectivity index (χ3n) is 3.84. The predicted octanol–water partition coefficient (Wildman–Crippen LogP) is 3.35. The summed E-state index contributed by atoms with van der Waals surface area (Å²) in [6, 6.07) is 10.5. The summed E-state index contributed by atoms with van der Waals surface area (Å²) in [6.45, 7) is 2.67. The van der Waals surface area contributed by atoms with E-state index in [1.54, 1.807) is 6.20 Å². The number of halogens is 1. The maximum atomic E-state index is 11.2. The van der Waals surface area contributed by atoms with Crippen molar-refractivity contribution in [2.24, 2.45) is 0 Å². The van der Waals surface area contributed by atoms with Crippen molar-refractivity contribution >= 4 is 17.6 Å². The van der Waals surface area contributed by atoms with Crippen molar-refractivity contribution in [3.63, 3.8) is 0 Å². The fourth-order valence-electron chi connectivity index (χ4n) is 2.44. The Bertz CT molecular complexity index is 955. The number of aromatic nitrogens is 3. The summed E-state index contributed by atoms with van der Waals surface area (Å²) in [7, 11) is 0. The quantitative estimate of drug-likeness (QED) is 0.687. The van der Waals surface area contributed by atoms with Crippen molar-refractivity contribution in [2.75, 3.05) is 0 Å². The molecule has 0 fully saturated rings. The summed E-state index contributed by atoms with van der Waals surface area (Å²) in [5.41, 5.74) is 2.59. The Balaban J connectivity index is 1.74. The smallest absolute Gasteiger partial charge is 0.339 e. The molecule has 0 saturated heterocycles. The standard InChI is InChI=1S/C18H16ClN3O4/c1-11-4-2-3-5-12(11)9-26-10-14-8-22(21-20-14)16-7-13(19)6-15(17(16)23)18(24)25/h2-8,23H,9-10H2,1H3,(H,24,25). The third kappa shape index (κ3) is 3.84. The number of nitrogens with zero attached hydrogens (tertiary/aromatic N) is 3. The lowest BCUT2D eigenvalue weighted by Gasteiger charge is -2.07. The number of aromatic carboxylic acids is 1. The Morgan fingerprint density at radius 3 is 2.77 bits per heavy atom. The number of rotatable bonds is 6. The van der Waals surface area contributed by atoms with Gasteiger partial charge in [0.05, 0.1) is 19.4 Å². The van der Waals surface area contributed by atoms with Gasteiger partial charge in [0.2, 0.25) is 0 Å². The first kappa shape index (κ1) is 17.9. The molecule has 0 amide bonds. The van der Waals surface area contributed by atoms with Gasteiger partial charge in [-0.15, -0.1) is 5.10 Å². The van der Waals surface area contributed by atoms with Crippen LogP contribution >= 0.6 is 11.6 Å². The van der Waals surface area contributed by atoms with Crippen LogP contribution in [0.3, 0.4) is 0 Å². The normalized spacial score (nSPS) is 10.8. The van der Waals surface area contributed by atoms with Gasteiger partial charge in [-0.2, -0.15) is 0 Å². The van der Waals surface area contributed by atoms with Crippen molar-refractivity contribution in [3.8, 4) is 11.4 Å². The van der Waals surface area contributed by atoms with E-state index < -0.39 is 11.7 Å². The summed E-state index contributed by atoms with van der Waals surface area (Å²) in [4.78, 5) is 11.2. The monoisotopic (exact) mass is 373 g/mol. The van der Waals surface area contributed by atoms with Crippen molar-refractivity contribution in [1.82, 2.24) is 15.0 Å². The molecule has 0 spiro atoms. The first-order chi connectivity index (χ1) is 12.5. The first-order valence-corrected chi connectivity index (χ1v) is 8.13. The Hall–Kier alpha value is -2.90. The number of carboxylic acids is 1. The zero-order valence-corrected chi connectivity index (χ0v) is 14.6. The second-order valence-corrected chi connectivity index (χ2v) is 6.14. The molecule has 1 aromatic heterocycles. The fraction of sp³-hybridized carbons (Fsp3) is 0.167. The van der Waals surface area contributed by atoms with Gasteiger partial charge in [0, 0.05) is 5.02 Å². The predicted molar refractivity (Wildman–Crippen MR) is 94.7 cm³/mol. The van der Waals surface area contributed by atoms with Crippen LogP contribution in [0.1, 0.15) is 27.2 Å². The molecule has 3 aromatic rings. The zero-order chi connectivity index (χ0) is 18.7. The zero-order valence-electron chi connectivity index (χ0n) is 13.9. The summed E-state index contributed by atoms with van der Waals surface area (Å²) in [5, 5.41) is 27.3. The van der Waals surface area contributed by atoms with Gasteiger partial charge in [-0.3, -0.25) is 0 Å². The lowest BCUT2D eigenvalue weighted by atomic mass is 10.1. The van der Waals surface area contributed by atoms with Crippen LogP contribution in [0.4, 0.5) is 0 Å². The lowest BCUT2D eigenvalue weighted by molar-refractivity contribution is 0.0693. The van der Waals surface area contributed by atoms with Gasteiger partial charge in [-0.1, -0.05) is 41.1 Å². The maximum absolute atomic E-state index is 11.2. The molecule has 0 saturated carbocycles. The topological polar surface area (TPSA) is 97.5 Å². The molecule has 0 bridgehead atoms. The molecule has 0 aliphatic heterocycles. The van der Waals surface area contributed by atoms with Crippen LogP contribution in [0.2, 0.25) is 5.02 Å². The summed E-state index contributed by atoms with van der Waals surface area (Å²) in [6.07, 6.45) is 1.55. The SMILES string of the molecule is Cc1ccccc1COCc1cn(-c2cc(Cl)cc(C(=O)O)c2O)nn1. The summed E-state index contributed by atoms with van der Waals surface area (Å²) >= 11 is 5.93. The Labute approximate surface area is 154 Å². The van der Waals surface area contributed by atoms with Crippen LogP contribution in [-0.4, -0.2) is 31.2 Å². The third-order valence-corrected chi connectivity index (χ3v) is 4.06. The second-order valence-electron chi connectivity index (χ2n) is 5.70. The number of carbonyl (C=O) groups is 1. The van der Waals surface area contributed by atoms with Gasteiger partial charge in [0.15, 0.2) is 5.75 Å². The molecule has 134 valence electrons. The highest BCUT2D eigenvalue weighted by molar-refractivity contribution is 6.31. The summed E-state index contributed by atoms with van der Waals surface area (Å²) in [5.74, 6) is -1.72.